The average molecular weight is 248 g/mol. The summed E-state index contributed by atoms with van der Waals surface area (Å²) in [4.78, 5) is 13.9. The highest BCUT2D eigenvalue weighted by Crippen LogP contribution is 2.15. The van der Waals surface area contributed by atoms with Gasteiger partial charge < -0.3 is 9.52 Å². The van der Waals surface area contributed by atoms with Gasteiger partial charge in [-0.05, 0) is 25.0 Å². The van der Waals surface area contributed by atoms with E-state index in [2.05, 4.69) is 4.90 Å². The van der Waals surface area contributed by atoms with Crippen molar-refractivity contribution in [2.75, 3.05) is 13.1 Å². The summed E-state index contributed by atoms with van der Waals surface area (Å²) in [6, 6.07) is 7.40. The minimum atomic E-state index is -0.337. The molecule has 1 aromatic heterocycles. The molecule has 0 saturated carbocycles. The van der Waals surface area contributed by atoms with E-state index in [4.69, 9.17) is 4.42 Å². The predicted molar refractivity (Wildman–Crippen MR) is 67.3 cm³/mol. The second-order valence-electron chi connectivity index (χ2n) is 4.78. The van der Waals surface area contributed by atoms with Gasteiger partial charge in [0.2, 0.25) is 0 Å². The van der Waals surface area contributed by atoms with Crippen LogP contribution in [0.5, 0.6) is 0 Å². The zero-order valence-corrected chi connectivity index (χ0v) is 10.1. The largest absolute Gasteiger partial charge is 0.421 e. The van der Waals surface area contributed by atoms with Crippen molar-refractivity contribution in [3.63, 3.8) is 0 Å². The lowest BCUT2D eigenvalue weighted by Gasteiger charge is -2.29. The number of hydrogen-bond donors (Lipinski definition) is 1. The second kappa shape index (κ2) is 4.59. The summed E-state index contributed by atoms with van der Waals surface area (Å²) >= 11 is 0. The van der Waals surface area contributed by atoms with E-state index in [1.165, 1.54) is 0 Å². The van der Waals surface area contributed by atoms with Crippen molar-refractivity contribution >= 4 is 11.1 Å². The number of hydrogen-bond acceptors (Lipinski definition) is 4. The monoisotopic (exact) mass is 248 g/mol. The van der Waals surface area contributed by atoms with Crippen LogP contribution < -0.4 is 5.76 Å². The van der Waals surface area contributed by atoms with Crippen LogP contribution in [0, 0.1) is 0 Å². The predicted octanol–water partition coefficient (Wildman–Crippen LogP) is 1.01. The normalized spacial score (nSPS) is 21.5. The zero-order chi connectivity index (χ0) is 12.5. The molecule has 2 aromatic rings. The maximum Gasteiger partial charge on any atom is 0.421 e. The Kier molecular flexibility index (Phi) is 2.93. The summed E-state index contributed by atoms with van der Waals surface area (Å²) in [5.74, 6) is -0.337. The molecule has 5 heteroatoms. The first-order valence-electron chi connectivity index (χ1n) is 6.23. The van der Waals surface area contributed by atoms with Gasteiger partial charge >= 0.3 is 5.76 Å². The number of nitrogens with zero attached hydrogens (tertiary/aromatic N) is 2. The molecule has 18 heavy (non-hydrogen) atoms. The zero-order valence-electron chi connectivity index (χ0n) is 10.1. The van der Waals surface area contributed by atoms with E-state index in [9.17, 15) is 9.90 Å². The van der Waals surface area contributed by atoms with Gasteiger partial charge in [0, 0.05) is 13.1 Å². The maximum absolute atomic E-state index is 11.8. The highest BCUT2D eigenvalue weighted by molar-refractivity contribution is 5.72. The highest BCUT2D eigenvalue weighted by atomic mass is 16.4. The quantitative estimate of drug-likeness (QED) is 0.861. The molecule has 0 bridgehead atoms. The van der Waals surface area contributed by atoms with E-state index in [1.54, 1.807) is 10.6 Å². The number of para-hydroxylation sites is 2. The van der Waals surface area contributed by atoms with E-state index in [0.717, 1.165) is 24.9 Å². The molecular weight excluding hydrogens is 232 g/mol. The lowest BCUT2D eigenvalue weighted by Crippen LogP contribution is -2.40. The van der Waals surface area contributed by atoms with Gasteiger partial charge in [0.25, 0.3) is 0 Å². The van der Waals surface area contributed by atoms with Crippen LogP contribution in [0.25, 0.3) is 11.1 Å². The number of benzene rings is 1. The van der Waals surface area contributed by atoms with Crippen LogP contribution in [-0.4, -0.2) is 33.8 Å². The molecule has 0 spiro atoms. The summed E-state index contributed by atoms with van der Waals surface area (Å²) in [5.41, 5.74) is 1.42. The van der Waals surface area contributed by atoms with Gasteiger partial charge in [0.15, 0.2) is 5.58 Å². The maximum atomic E-state index is 11.8. The molecule has 1 atom stereocenters. The van der Waals surface area contributed by atoms with Crippen LogP contribution in [0.1, 0.15) is 12.8 Å². The third-order valence-electron chi connectivity index (χ3n) is 3.40. The summed E-state index contributed by atoms with van der Waals surface area (Å²) in [5, 5.41) is 9.64. The van der Waals surface area contributed by atoms with Gasteiger partial charge in [0.1, 0.15) is 0 Å². The second-order valence-corrected chi connectivity index (χ2v) is 4.78. The minimum Gasteiger partial charge on any atom is -0.408 e. The fourth-order valence-corrected chi connectivity index (χ4v) is 2.51. The molecule has 0 radical (unpaired) electrons. The fourth-order valence-electron chi connectivity index (χ4n) is 2.51. The molecular formula is C13H16N2O3. The Hall–Kier alpha value is -1.59. The number of fused-ring (bicyclic) bond motifs is 1. The third-order valence-corrected chi connectivity index (χ3v) is 3.40. The van der Waals surface area contributed by atoms with Gasteiger partial charge in [-0.25, -0.2) is 4.79 Å². The van der Waals surface area contributed by atoms with Crippen molar-refractivity contribution in [3.8, 4) is 0 Å². The van der Waals surface area contributed by atoms with Gasteiger partial charge in [-0.1, -0.05) is 12.1 Å². The molecule has 96 valence electrons. The van der Waals surface area contributed by atoms with E-state index >= 15 is 0 Å². The Morgan fingerprint density at radius 3 is 3.06 bits per heavy atom. The Bertz CT molecular complexity index is 602. The minimum absolute atomic E-state index is 0.285. The number of oxazole rings is 1. The van der Waals surface area contributed by atoms with E-state index in [1.807, 2.05) is 18.2 Å². The molecule has 5 nitrogen and oxygen atoms in total. The van der Waals surface area contributed by atoms with Crippen molar-refractivity contribution < 1.29 is 9.52 Å². The molecule has 0 amide bonds. The van der Waals surface area contributed by atoms with Crippen molar-refractivity contribution in [2.45, 2.75) is 25.6 Å². The fraction of sp³-hybridized carbons (Fsp3) is 0.462. The number of aromatic nitrogens is 1. The Morgan fingerprint density at radius 1 is 1.39 bits per heavy atom. The Balaban J connectivity index is 1.90. The van der Waals surface area contributed by atoms with Crippen LogP contribution in [0.15, 0.2) is 33.5 Å². The number of likely N-dealkylation sites (tertiary alicyclic amines) is 1. The SMILES string of the molecule is O=c1oc2ccccc2n1CN1CCCC(O)C1. The van der Waals surface area contributed by atoms with Gasteiger partial charge in [-0.3, -0.25) is 9.47 Å². The first kappa shape index (κ1) is 11.5. The average Bonchev–Trinajstić information content (AvgIpc) is 2.66. The highest BCUT2D eigenvalue weighted by Gasteiger charge is 2.19. The number of aliphatic hydroxyl groups is 1. The standard InChI is InChI=1S/C13H16N2O3/c16-10-4-3-7-14(8-10)9-15-11-5-1-2-6-12(11)18-13(15)17/h1-2,5-6,10,16H,3-4,7-9H2. The third kappa shape index (κ3) is 2.07. The smallest absolute Gasteiger partial charge is 0.408 e. The molecule has 1 aliphatic rings. The molecule has 3 rings (SSSR count). The summed E-state index contributed by atoms with van der Waals surface area (Å²) in [7, 11) is 0. The van der Waals surface area contributed by atoms with Gasteiger partial charge in [-0.15, -0.1) is 0 Å². The number of β-amino-alcohol motifs (C(OH)–C–C–N with tert-alkyl or cyclic N) is 1. The first-order valence-corrected chi connectivity index (χ1v) is 6.23. The van der Waals surface area contributed by atoms with Crippen LogP contribution in [-0.2, 0) is 6.67 Å². The van der Waals surface area contributed by atoms with Crippen LogP contribution in [0.3, 0.4) is 0 Å². The van der Waals surface area contributed by atoms with Gasteiger partial charge in [0.05, 0.1) is 18.3 Å². The van der Waals surface area contributed by atoms with Crippen LogP contribution >= 0.6 is 0 Å². The van der Waals surface area contributed by atoms with Crippen molar-refractivity contribution in [1.29, 1.82) is 0 Å². The van der Waals surface area contributed by atoms with Crippen molar-refractivity contribution in [2.24, 2.45) is 0 Å². The molecule has 1 unspecified atom stereocenters. The first-order chi connectivity index (χ1) is 8.74. The molecule has 0 aliphatic carbocycles. The lowest BCUT2D eigenvalue weighted by atomic mass is 10.1. The van der Waals surface area contributed by atoms with Crippen LogP contribution in [0.4, 0.5) is 0 Å². The summed E-state index contributed by atoms with van der Waals surface area (Å²) in [6.07, 6.45) is 1.52. The molecule has 2 heterocycles. The lowest BCUT2D eigenvalue weighted by molar-refractivity contribution is 0.0537. The Morgan fingerprint density at radius 2 is 2.22 bits per heavy atom. The van der Waals surface area contributed by atoms with E-state index < -0.39 is 0 Å². The Labute approximate surface area is 104 Å². The van der Waals surface area contributed by atoms with Crippen molar-refractivity contribution in [3.05, 3.63) is 34.8 Å². The molecule has 1 fully saturated rings. The van der Waals surface area contributed by atoms with Crippen LogP contribution in [0.2, 0.25) is 0 Å². The van der Waals surface area contributed by atoms with E-state index in [0.29, 0.717) is 18.8 Å². The molecule has 1 aliphatic heterocycles. The van der Waals surface area contributed by atoms with Crippen molar-refractivity contribution in [1.82, 2.24) is 9.47 Å². The summed E-state index contributed by atoms with van der Waals surface area (Å²) in [6.45, 7) is 2.00. The van der Waals surface area contributed by atoms with Gasteiger partial charge in [-0.2, -0.15) is 0 Å². The number of rotatable bonds is 2. The summed E-state index contributed by atoms with van der Waals surface area (Å²) < 4.78 is 6.80. The number of aliphatic hydroxyl groups excluding tert-OH is 1. The molecule has 1 aromatic carbocycles. The molecule has 1 saturated heterocycles. The number of piperidine rings is 1. The van der Waals surface area contributed by atoms with E-state index in [-0.39, 0.29) is 11.9 Å². The molecule has 1 N–H and O–H groups in total. The topological polar surface area (TPSA) is 58.6 Å².